The fraction of sp³-hybridized carbons (Fsp3) is 0.833. The summed E-state index contributed by atoms with van der Waals surface area (Å²) in [7, 11) is 0. The number of hydrogen-bond donors (Lipinski definition) is 1. The molecule has 1 rings (SSSR count). The first kappa shape index (κ1) is 6.55. The number of carbonyl (C=O) groups excluding carboxylic acids is 1. The van der Waals surface area contributed by atoms with Crippen LogP contribution in [0.5, 0.6) is 0 Å². The van der Waals surface area contributed by atoms with Crippen LogP contribution in [-0.4, -0.2) is 29.2 Å². The van der Waals surface area contributed by atoms with E-state index in [1.54, 1.807) is 6.41 Å². The molecule has 0 saturated carbocycles. The van der Waals surface area contributed by atoms with Crippen LogP contribution in [0.4, 0.5) is 0 Å². The molecule has 0 aromatic carbocycles. The monoisotopic (exact) mass is 128 g/mol. The molecule has 1 amide bonds. The molecule has 1 aliphatic heterocycles. The highest BCUT2D eigenvalue weighted by molar-refractivity contribution is 5.48. The van der Waals surface area contributed by atoms with E-state index in [9.17, 15) is 4.79 Å². The fourth-order valence-electron chi connectivity index (χ4n) is 1.02. The molecule has 51 valence electrons. The van der Waals surface area contributed by atoms with Crippen LogP contribution >= 0.6 is 0 Å². The zero-order valence-electron chi connectivity index (χ0n) is 5.21. The number of rotatable bonds is 1. The topological polar surface area (TPSA) is 40.5 Å². The van der Waals surface area contributed by atoms with Gasteiger partial charge in [0.05, 0.1) is 0 Å². The average Bonchev–Trinajstić information content (AvgIpc) is 1.89. The second-order valence-electron chi connectivity index (χ2n) is 2.26. The number of aliphatic hydroxyl groups excluding tert-OH is 1. The van der Waals surface area contributed by atoms with Gasteiger partial charge in [-0.25, -0.2) is 0 Å². The maximum absolute atomic E-state index is 10.0. The molecule has 1 heterocycles. The Morgan fingerprint density at radius 3 is 2.78 bits per heavy atom. The summed E-state index contributed by atoms with van der Waals surface area (Å²) >= 11 is 0. The van der Waals surface area contributed by atoms with Crippen molar-refractivity contribution in [2.75, 3.05) is 6.54 Å². The molecule has 3 nitrogen and oxygen atoms in total. The zero-order chi connectivity index (χ0) is 6.69. The van der Waals surface area contributed by atoms with Crippen LogP contribution < -0.4 is 0 Å². The Bertz CT molecular complexity index is 105. The van der Waals surface area contributed by atoms with Crippen molar-refractivity contribution in [3.05, 3.63) is 0 Å². The van der Waals surface area contributed by atoms with E-state index in [0.29, 0.717) is 13.0 Å². The summed E-state index contributed by atoms with van der Waals surface area (Å²) in [5.41, 5.74) is 0. The summed E-state index contributed by atoms with van der Waals surface area (Å²) < 4.78 is 0. The van der Waals surface area contributed by atoms with Crippen molar-refractivity contribution in [2.24, 2.45) is 0 Å². The summed E-state index contributed by atoms with van der Waals surface area (Å²) in [6.07, 6.45) is 3.82. The lowest BCUT2D eigenvalue weighted by Gasteiger charge is -2.27. The second kappa shape index (κ2) is 2.82. The lowest BCUT2D eigenvalue weighted by atomic mass is 10.1. The number of hydrogen-bond acceptors (Lipinski definition) is 2. The van der Waals surface area contributed by atoms with Crippen molar-refractivity contribution in [3.8, 4) is 0 Å². The molecule has 1 saturated heterocycles. The lowest BCUT2D eigenvalue weighted by molar-refractivity contribution is 0.0222. The predicted molar refractivity (Wildman–Crippen MR) is 32.3 cm³/mol. The number of piperidine rings is 1. The van der Waals surface area contributed by atoms with E-state index < -0.39 is 6.23 Å². The number of nitrogens with zero attached hydrogens (tertiary/aromatic N) is 1. The standard InChI is InChI=1S/C6H10NO2/c8-5-7-4-2-1-3-6(7)9/h6,9H,1-4H2. The Morgan fingerprint density at radius 1 is 1.56 bits per heavy atom. The molecule has 1 unspecified atom stereocenters. The predicted octanol–water partition coefficient (Wildman–Crippen LogP) is -0.142. The van der Waals surface area contributed by atoms with Crippen molar-refractivity contribution < 1.29 is 9.90 Å². The van der Waals surface area contributed by atoms with Crippen LogP contribution in [0.1, 0.15) is 19.3 Å². The van der Waals surface area contributed by atoms with E-state index in [1.165, 1.54) is 4.90 Å². The van der Waals surface area contributed by atoms with Crippen LogP contribution in [0.15, 0.2) is 0 Å². The van der Waals surface area contributed by atoms with E-state index in [1.807, 2.05) is 0 Å². The van der Waals surface area contributed by atoms with Crippen molar-refractivity contribution >= 4 is 6.41 Å². The minimum Gasteiger partial charge on any atom is -0.374 e. The molecule has 0 spiro atoms. The maximum atomic E-state index is 10.0. The molecule has 1 fully saturated rings. The highest BCUT2D eigenvalue weighted by Crippen LogP contribution is 2.11. The van der Waals surface area contributed by atoms with Gasteiger partial charge in [0.15, 0.2) is 0 Å². The summed E-state index contributed by atoms with van der Waals surface area (Å²) in [5, 5.41) is 9.03. The zero-order valence-corrected chi connectivity index (χ0v) is 5.21. The summed E-state index contributed by atoms with van der Waals surface area (Å²) in [6.45, 7) is 0.657. The van der Waals surface area contributed by atoms with Gasteiger partial charge in [-0.05, 0) is 19.3 Å². The third-order valence-corrected chi connectivity index (χ3v) is 1.59. The van der Waals surface area contributed by atoms with Gasteiger partial charge in [-0.2, -0.15) is 0 Å². The van der Waals surface area contributed by atoms with Gasteiger partial charge in [-0.1, -0.05) is 0 Å². The molecule has 3 heteroatoms. The number of amides is 1. The molecule has 0 bridgehead atoms. The van der Waals surface area contributed by atoms with E-state index in [4.69, 9.17) is 5.11 Å². The quantitative estimate of drug-likeness (QED) is 0.534. The number of likely N-dealkylation sites (tertiary alicyclic amines) is 1. The SMILES string of the molecule is O=[C]N1CCCCC1O. The van der Waals surface area contributed by atoms with Gasteiger partial charge in [-0.15, -0.1) is 0 Å². The van der Waals surface area contributed by atoms with Crippen LogP contribution in [0.25, 0.3) is 0 Å². The highest BCUT2D eigenvalue weighted by atomic mass is 16.3. The van der Waals surface area contributed by atoms with E-state index >= 15 is 0 Å². The minimum absolute atomic E-state index is 0.573. The Balaban J connectivity index is 2.38. The van der Waals surface area contributed by atoms with Crippen LogP contribution in [0.3, 0.4) is 0 Å². The minimum atomic E-state index is -0.573. The molecule has 1 aliphatic rings. The van der Waals surface area contributed by atoms with E-state index in [2.05, 4.69) is 0 Å². The van der Waals surface area contributed by atoms with Gasteiger partial charge >= 0.3 is 6.41 Å². The van der Waals surface area contributed by atoms with E-state index in [0.717, 1.165) is 12.8 Å². The van der Waals surface area contributed by atoms with Gasteiger partial charge in [0.2, 0.25) is 0 Å². The van der Waals surface area contributed by atoms with Gasteiger partial charge in [-0.3, -0.25) is 4.79 Å². The van der Waals surface area contributed by atoms with Crippen molar-refractivity contribution in [1.29, 1.82) is 0 Å². The van der Waals surface area contributed by atoms with Gasteiger partial charge in [0.25, 0.3) is 0 Å². The summed E-state index contributed by atoms with van der Waals surface area (Å²) in [6, 6.07) is 0. The van der Waals surface area contributed by atoms with Crippen LogP contribution in [0, 0.1) is 0 Å². The molecular weight excluding hydrogens is 118 g/mol. The molecule has 9 heavy (non-hydrogen) atoms. The van der Waals surface area contributed by atoms with Gasteiger partial charge < -0.3 is 10.0 Å². The Morgan fingerprint density at radius 2 is 2.33 bits per heavy atom. The molecular formula is C6H10NO2. The van der Waals surface area contributed by atoms with Crippen LogP contribution in [0.2, 0.25) is 0 Å². The number of aliphatic hydroxyl groups is 1. The fourth-order valence-corrected chi connectivity index (χ4v) is 1.02. The van der Waals surface area contributed by atoms with Crippen LogP contribution in [-0.2, 0) is 4.79 Å². The molecule has 1 N–H and O–H groups in total. The van der Waals surface area contributed by atoms with Crippen molar-refractivity contribution in [3.63, 3.8) is 0 Å². The Hall–Kier alpha value is -0.570. The largest absolute Gasteiger partial charge is 0.374 e. The van der Waals surface area contributed by atoms with Crippen molar-refractivity contribution in [1.82, 2.24) is 4.90 Å². The molecule has 1 radical (unpaired) electrons. The molecule has 0 aromatic rings. The van der Waals surface area contributed by atoms with Crippen molar-refractivity contribution in [2.45, 2.75) is 25.5 Å². The Kier molecular flexibility index (Phi) is 2.05. The van der Waals surface area contributed by atoms with Gasteiger partial charge in [0, 0.05) is 6.54 Å². The average molecular weight is 128 g/mol. The molecule has 1 atom stereocenters. The summed E-state index contributed by atoms with van der Waals surface area (Å²) in [5.74, 6) is 0. The maximum Gasteiger partial charge on any atom is 0.314 e. The first-order valence-corrected chi connectivity index (χ1v) is 3.17. The first-order chi connectivity index (χ1) is 4.34. The normalized spacial score (nSPS) is 28.1. The van der Waals surface area contributed by atoms with Gasteiger partial charge in [0.1, 0.15) is 6.23 Å². The van der Waals surface area contributed by atoms with E-state index in [-0.39, 0.29) is 0 Å². The Labute approximate surface area is 54.3 Å². The summed E-state index contributed by atoms with van der Waals surface area (Å²) in [4.78, 5) is 11.3. The first-order valence-electron chi connectivity index (χ1n) is 3.17. The third-order valence-electron chi connectivity index (χ3n) is 1.59. The smallest absolute Gasteiger partial charge is 0.314 e. The second-order valence-corrected chi connectivity index (χ2v) is 2.26. The molecule has 0 aliphatic carbocycles. The highest BCUT2D eigenvalue weighted by Gasteiger charge is 2.17. The molecule has 0 aromatic heterocycles. The lowest BCUT2D eigenvalue weighted by Crippen LogP contribution is -2.37. The third kappa shape index (κ3) is 1.42.